The van der Waals surface area contributed by atoms with Gasteiger partial charge in [-0.3, -0.25) is 4.79 Å². The number of hydrogen-bond acceptors (Lipinski definition) is 4. The Hall–Kier alpha value is -3.73. The summed E-state index contributed by atoms with van der Waals surface area (Å²) in [6.45, 7) is 6.07. The predicted molar refractivity (Wildman–Crippen MR) is 114 cm³/mol. The van der Waals surface area contributed by atoms with Gasteiger partial charge in [0.15, 0.2) is 0 Å². The van der Waals surface area contributed by atoms with E-state index in [1.807, 2.05) is 75.4 Å². The second-order valence-corrected chi connectivity index (χ2v) is 7.06. The molecule has 0 bridgehead atoms. The maximum atomic E-state index is 12.5. The third-order valence-corrected chi connectivity index (χ3v) is 4.96. The summed E-state index contributed by atoms with van der Waals surface area (Å²) < 4.78 is 5.83. The molecule has 29 heavy (non-hydrogen) atoms. The summed E-state index contributed by atoms with van der Waals surface area (Å²) in [5.74, 6) is 0.741. The van der Waals surface area contributed by atoms with Crippen LogP contribution in [0.15, 0.2) is 71.1 Å². The molecular formula is C24H21N3O2. The molecule has 5 nitrogen and oxygen atoms in total. The number of benzene rings is 3. The van der Waals surface area contributed by atoms with Crippen LogP contribution in [-0.4, -0.2) is 16.1 Å². The molecule has 1 N–H and O–H groups in total. The van der Waals surface area contributed by atoms with Crippen molar-refractivity contribution in [3.05, 3.63) is 89.0 Å². The lowest BCUT2D eigenvalue weighted by Crippen LogP contribution is -2.11. The van der Waals surface area contributed by atoms with Gasteiger partial charge < -0.3 is 9.73 Å². The fourth-order valence-electron chi connectivity index (χ4n) is 3.05. The Morgan fingerprint density at radius 3 is 2.24 bits per heavy atom. The zero-order valence-electron chi connectivity index (χ0n) is 16.6. The Kier molecular flexibility index (Phi) is 4.96. The standard InChI is InChI=1S/C24H21N3O2/c1-15-8-13-20(14-17(15)3)25-22(28)18-9-11-19(12-10-18)23-26-27-24(29-23)21-7-5-4-6-16(21)2/h4-14H,1-3H3,(H,25,28). The van der Waals surface area contributed by atoms with E-state index in [1.165, 1.54) is 5.56 Å². The molecule has 0 spiro atoms. The van der Waals surface area contributed by atoms with Gasteiger partial charge in [0.1, 0.15) is 0 Å². The van der Waals surface area contributed by atoms with E-state index in [1.54, 1.807) is 12.1 Å². The van der Waals surface area contributed by atoms with E-state index in [0.29, 0.717) is 17.3 Å². The number of carbonyl (C=O) groups is 1. The average molecular weight is 383 g/mol. The number of aromatic nitrogens is 2. The first-order chi connectivity index (χ1) is 14.0. The number of anilines is 1. The third kappa shape index (κ3) is 3.94. The van der Waals surface area contributed by atoms with E-state index in [0.717, 1.165) is 27.9 Å². The van der Waals surface area contributed by atoms with Crippen molar-refractivity contribution in [1.29, 1.82) is 0 Å². The van der Waals surface area contributed by atoms with Crippen LogP contribution in [0.5, 0.6) is 0 Å². The van der Waals surface area contributed by atoms with Gasteiger partial charge in [-0.15, -0.1) is 10.2 Å². The summed E-state index contributed by atoms with van der Waals surface area (Å²) in [5, 5.41) is 11.2. The van der Waals surface area contributed by atoms with E-state index in [-0.39, 0.29) is 5.91 Å². The molecule has 1 amide bonds. The highest BCUT2D eigenvalue weighted by molar-refractivity contribution is 6.04. The molecule has 1 heterocycles. The summed E-state index contributed by atoms with van der Waals surface area (Å²) in [7, 11) is 0. The number of carbonyl (C=O) groups excluding carboxylic acids is 1. The van der Waals surface area contributed by atoms with Crippen LogP contribution in [0.3, 0.4) is 0 Å². The van der Waals surface area contributed by atoms with Crippen molar-refractivity contribution in [1.82, 2.24) is 10.2 Å². The summed E-state index contributed by atoms with van der Waals surface area (Å²) in [4.78, 5) is 12.5. The fraction of sp³-hybridized carbons (Fsp3) is 0.125. The number of hydrogen-bond donors (Lipinski definition) is 1. The van der Waals surface area contributed by atoms with Crippen molar-refractivity contribution >= 4 is 11.6 Å². The van der Waals surface area contributed by atoms with E-state index < -0.39 is 0 Å². The van der Waals surface area contributed by atoms with Gasteiger partial charge in [0.2, 0.25) is 11.8 Å². The van der Waals surface area contributed by atoms with Crippen molar-refractivity contribution in [2.75, 3.05) is 5.32 Å². The Labute approximate surface area is 169 Å². The van der Waals surface area contributed by atoms with Gasteiger partial charge in [0, 0.05) is 22.4 Å². The second kappa shape index (κ2) is 7.72. The van der Waals surface area contributed by atoms with Crippen molar-refractivity contribution in [2.45, 2.75) is 20.8 Å². The zero-order chi connectivity index (χ0) is 20.4. The molecule has 0 aliphatic rings. The molecule has 0 saturated heterocycles. The second-order valence-electron chi connectivity index (χ2n) is 7.06. The summed E-state index contributed by atoms with van der Waals surface area (Å²) in [5.41, 5.74) is 6.42. The van der Waals surface area contributed by atoms with Gasteiger partial charge in [0.25, 0.3) is 5.91 Å². The molecule has 144 valence electrons. The zero-order valence-corrected chi connectivity index (χ0v) is 16.6. The first-order valence-corrected chi connectivity index (χ1v) is 9.40. The highest BCUT2D eigenvalue weighted by Crippen LogP contribution is 2.26. The van der Waals surface area contributed by atoms with Gasteiger partial charge in [0.05, 0.1) is 0 Å². The maximum absolute atomic E-state index is 12.5. The van der Waals surface area contributed by atoms with Crippen molar-refractivity contribution in [2.24, 2.45) is 0 Å². The first-order valence-electron chi connectivity index (χ1n) is 9.40. The van der Waals surface area contributed by atoms with Crippen LogP contribution < -0.4 is 5.32 Å². The molecular weight excluding hydrogens is 362 g/mol. The van der Waals surface area contributed by atoms with Crippen LogP contribution in [0.2, 0.25) is 0 Å². The summed E-state index contributed by atoms with van der Waals surface area (Å²) >= 11 is 0. The van der Waals surface area contributed by atoms with Crippen LogP contribution >= 0.6 is 0 Å². The molecule has 3 aromatic carbocycles. The lowest BCUT2D eigenvalue weighted by molar-refractivity contribution is 0.102. The highest BCUT2D eigenvalue weighted by Gasteiger charge is 2.13. The van der Waals surface area contributed by atoms with Gasteiger partial charge >= 0.3 is 0 Å². The van der Waals surface area contributed by atoms with Gasteiger partial charge in [-0.2, -0.15) is 0 Å². The summed E-state index contributed by atoms with van der Waals surface area (Å²) in [6.07, 6.45) is 0. The quantitative estimate of drug-likeness (QED) is 0.499. The SMILES string of the molecule is Cc1ccc(NC(=O)c2ccc(-c3nnc(-c4ccccc4C)o3)cc2)cc1C. The molecule has 0 saturated carbocycles. The van der Waals surface area contributed by atoms with Crippen LogP contribution in [0.4, 0.5) is 5.69 Å². The topological polar surface area (TPSA) is 68.0 Å². The fourth-order valence-corrected chi connectivity index (χ4v) is 3.05. The molecule has 0 aliphatic heterocycles. The first kappa shape index (κ1) is 18.6. The van der Waals surface area contributed by atoms with E-state index in [9.17, 15) is 4.79 Å². The van der Waals surface area contributed by atoms with Crippen LogP contribution in [-0.2, 0) is 0 Å². The highest BCUT2D eigenvalue weighted by atomic mass is 16.4. The van der Waals surface area contributed by atoms with Crippen molar-refractivity contribution in [3.63, 3.8) is 0 Å². The molecule has 0 radical (unpaired) electrons. The van der Waals surface area contributed by atoms with Crippen LogP contribution in [0, 0.1) is 20.8 Å². The smallest absolute Gasteiger partial charge is 0.255 e. The molecule has 1 aromatic heterocycles. The summed E-state index contributed by atoms with van der Waals surface area (Å²) in [6, 6.07) is 20.9. The minimum atomic E-state index is -0.161. The lowest BCUT2D eigenvalue weighted by atomic mass is 10.1. The van der Waals surface area contributed by atoms with E-state index >= 15 is 0 Å². The number of rotatable bonds is 4. The maximum Gasteiger partial charge on any atom is 0.255 e. The number of nitrogens with zero attached hydrogens (tertiary/aromatic N) is 2. The van der Waals surface area contributed by atoms with E-state index in [2.05, 4.69) is 15.5 Å². The Morgan fingerprint density at radius 2 is 1.52 bits per heavy atom. The minimum Gasteiger partial charge on any atom is -0.416 e. The molecule has 0 unspecified atom stereocenters. The minimum absolute atomic E-state index is 0.161. The Morgan fingerprint density at radius 1 is 0.793 bits per heavy atom. The average Bonchev–Trinajstić information content (AvgIpc) is 3.21. The Balaban J connectivity index is 1.51. The number of nitrogens with one attached hydrogen (secondary N) is 1. The third-order valence-electron chi connectivity index (χ3n) is 4.96. The monoisotopic (exact) mass is 383 g/mol. The molecule has 4 rings (SSSR count). The largest absolute Gasteiger partial charge is 0.416 e. The number of aryl methyl sites for hydroxylation is 3. The molecule has 4 aromatic rings. The molecule has 0 atom stereocenters. The Bertz CT molecular complexity index is 1180. The van der Waals surface area contributed by atoms with Crippen LogP contribution in [0.1, 0.15) is 27.0 Å². The lowest BCUT2D eigenvalue weighted by Gasteiger charge is -2.08. The molecule has 0 aliphatic carbocycles. The van der Waals surface area contributed by atoms with E-state index in [4.69, 9.17) is 4.42 Å². The van der Waals surface area contributed by atoms with Gasteiger partial charge in [-0.25, -0.2) is 0 Å². The number of amides is 1. The van der Waals surface area contributed by atoms with Gasteiger partial charge in [-0.05, 0) is 79.9 Å². The molecule has 5 heteroatoms. The van der Waals surface area contributed by atoms with Gasteiger partial charge in [-0.1, -0.05) is 24.3 Å². The predicted octanol–water partition coefficient (Wildman–Crippen LogP) is 5.58. The van der Waals surface area contributed by atoms with Crippen molar-refractivity contribution < 1.29 is 9.21 Å². The van der Waals surface area contributed by atoms with Crippen LogP contribution in [0.25, 0.3) is 22.9 Å². The van der Waals surface area contributed by atoms with Crippen molar-refractivity contribution in [3.8, 4) is 22.9 Å². The molecule has 0 fully saturated rings. The normalized spacial score (nSPS) is 10.7.